The van der Waals surface area contributed by atoms with Gasteiger partial charge in [-0.1, -0.05) is 48.5 Å². The second kappa shape index (κ2) is 7.04. The lowest BCUT2D eigenvalue weighted by molar-refractivity contribution is 0.254. The van der Waals surface area contributed by atoms with Crippen LogP contribution >= 0.6 is 11.3 Å². The number of nitrogens with one attached hydrogen (secondary N) is 1. The fraction of sp³-hybridized carbons (Fsp3) is 0.824. The van der Waals surface area contributed by atoms with Crippen molar-refractivity contribution in [1.82, 2.24) is 10.3 Å². The number of hydrogen-bond acceptors (Lipinski definition) is 3. The molecule has 1 unspecified atom stereocenters. The first-order valence-corrected chi connectivity index (χ1v) is 8.71. The van der Waals surface area contributed by atoms with E-state index in [2.05, 4.69) is 59.2 Å². The summed E-state index contributed by atoms with van der Waals surface area (Å²) in [5.41, 5.74) is 1.73. The summed E-state index contributed by atoms with van der Waals surface area (Å²) >= 11 is 1.82. The lowest BCUT2D eigenvalue weighted by Crippen LogP contribution is -2.40. The normalized spacial score (nSPS) is 14.6. The molecule has 2 nitrogen and oxygen atoms in total. The molecule has 1 N–H and O–H groups in total. The molecule has 0 bridgehead atoms. The highest BCUT2D eigenvalue weighted by molar-refractivity contribution is 7.09. The van der Waals surface area contributed by atoms with Crippen molar-refractivity contribution in [3.8, 4) is 0 Å². The number of aryl methyl sites for hydroxylation is 1. The van der Waals surface area contributed by atoms with Crippen molar-refractivity contribution in [3.05, 3.63) is 16.1 Å². The van der Waals surface area contributed by atoms with Gasteiger partial charge in [-0.15, -0.1) is 11.3 Å². The van der Waals surface area contributed by atoms with E-state index in [1.807, 2.05) is 11.3 Å². The highest BCUT2D eigenvalue weighted by Crippen LogP contribution is 2.26. The van der Waals surface area contributed by atoms with Crippen LogP contribution in [0.15, 0.2) is 5.38 Å². The van der Waals surface area contributed by atoms with Crippen molar-refractivity contribution < 1.29 is 0 Å². The van der Waals surface area contributed by atoms with E-state index in [0.29, 0.717) is 11.5 Å². The molecular formula is C17H32N2S. The van der Waals surface area contributed by atoms with E-state index in [1.165, 1.54) is 23.5 Å². The first kappa shape index (κ1) is 17.6. The van der Waals surface area contributed by atoms with Gasteiger partial charge in [0.25, 0.3) is 0 Å². The van der Waals surface area contributed by atoms with Gasteiger partial charge >= 0.3 is 0 Å². The third kappa shape index (κ3) is 5.53. The standard InChI is InChI=1S/C17H32N2S/c1-8-18-13(16(2,3)4)10-9-11-15-19-14(12-20-15)17(5,6)7/h12-13,18H,8-11H2,1-7H3. The molecule has 0 radical (unpaired) electrons. The minimum atomic E-state index is 0.173. The molecule has 1 heterocycles. The molecule has 0 aliphatic heterocycles. The van der Waals surface area contributed by atoms with E-state index in [1.54, 1.807) is 0 Å². The number of nitrogens with zero attached hydrogens (tertiary/aromatic N) is 1. The van der Waals surface area contributed by atoms with E-state index in [4.69, 9.17) is 4.98 Å². The van der Waals surface area contributed by atoms with Crippen LogP contribution in [0.4, 0.5) is 0 Å². The lowest BCUT2D eigenvalue weighted by Gasteiger charge is -2.31. The summed E-state index contributed by atoms with van der Waals surface area (Å²) in [6, 6.07) is 0.592. The van der Waals surface area contributed by atoms with E-state index in [0.717, 1.165) is 13.0 Å². The fourth-order valence-corrected chi connectivity index (χ4v) is 3.38. The Kier molecular flexibility index (Phi) is 6.21. The van der Waals surface area contributed by atoms with Gasteiger partial charge in [-0.2, -0.15) is 0 Å². The Morgan fingerprint density at radius 2 is 1.85 bits per heavy atom. The Morgan fingerprint density at radius 1 is 1.20 bits per heavy atom. The topological polar surface area (TPSA) is 24.9 Å². The first-order chi connectivity index (χ1) is 9.14. The second-order valence-corrected chi connectivity index (χ2v) is 8.69. The van der Waals surface area contributed by atoms with Gasteiger partial charge in [-0.05, 0) is 31.2 Å². The van der Waals surface area contributed by atoms with Crippen molar-refractivity contribution in [2.45, 2.75) is 79.2 Å². The summed E-state index contributed by atoms with van der Waals surface area (Å²) in [5.74, 6) is 0. The average Bonchev–Trinajstić information content (AvgIpc) is 2.75. The maximum Gasteiger partial charge on any atom is 0.0928 e. The van der Waals surface area contributed by atoms with E-state index < -0.39 is 0 Å². The summed E-state index contributed by atoms with van der Waals surface area (Å²) in [7, 11) is 0. The van der Waals surface area contributed by atoms with Crippen molar-refractivity contribution in [2.24, 2.45) is 5.41 Å². The zero-order chi connectivity index (χ0) is 15.4. The molecule has 1 rings (SSSR count). The van der Waals surface area contributed by atoms with Gasteiger partial charge in [0, 0.05) is 16.8 Å². The van der Waals surface area contributed by atoms with Gasteiger partial charge in [0.05, 0.1) is 10.7 Å². The van der Waals surface area contributed by atoms with Crippen molar-refractivity contribution >= 4 is 11.3 Å². The molecule has 1 aromatic rings. The highest BCUT2D eigenvalue weighted by Gasteiger charge is 2.23. The molecule has 1 atom stereocenters. The van der Waals surface area contributed by atoms with Gasteiger partial charge in [0.1, 0.15) is 0 Å². The van der Waals surface area contributed by atoms with Crippen molar-refractivity contribution in [2.75, 3.05) is 6.54 Å². The second-order valence-electron chi connectivity index (χ2n) is 7.75. The van der Waals surface area contributed by atoms with Crippen LogP contribution in [-0.4, -0.2) is 17.6 Å². The van der Waals surface area contributed by atoms with Crippen LogP contribution in [0.2, 0.25) is 0 Å². The summed E-state index contributed by atoms with van der Waals surface area (Å²) in [6.45, 7) is 16.9. The first-order valence-electron chi connectivity index (χ1n) is 7.83. The quantitative estimate of drug-likeness (QED) is 0.816. The Bertz CT molecular complexity index is 396. The van der Waals surface area contributed by atoms with Gasteiger partial charge < -0.3 is 5.32 Å². The van der Waals surface area contributed by atoms with E-state index in [-0.39, 0.29) is 5.41 Å². The van der Waals surface area contributed by atoms with Crippen LogP contribution in [0.1, 0.15) is 72.0 Å². The highest BCUT2D eigenvalue weighted by atomic mass is 32.1. The maximum absolute atomic E-state index is 4.78. The van der Waals surface area contributed by atoms with Crippen LogP contribution in [0.25, 0.3) is 0 Å². The maximum atomic E-state index is 4.78. The number of thiazole rings is 1. The van der Waals surface area contributed by atoms with Crippen molar-refractivity contribution in [3.63, 3.8) is 0 Å². The minimum Gasteiger partial charge on any atom is -0.314 e. The van der Waals surface area contributed by atoms with Crippen molar-refractivity contribution in [1.29, 1.82) is 0 Å². The number of aromatic nitrogens is 1. The van der Waals surface area contributed by atoms with Crippen LogP contribution in [-0.2, 0) is 11.8 Å². The summed E-state index contributed by atoms with van der Waals surface area (Å²) in [5, 5.41) is 7.14. The molecule has 0 aliphatic carbocycles. The van der Waals surface area contributed by atoms with Gasteiger partial charge in [-0.25, -0.2) is 4.98 Å². The Hall–Kier alpha value is -0.410. The van der Waals surface area contributed by atoms with Crippen LogP contribution in [0.5, 0.6) is 0 Å². The third-order valence-electron chi connectivity index (χ3n) is 3.70. The van der Waals surface area contributed by atoms with Crippen LogP contribution < -0.4 is 5.32 Å². The average molecular weight is 297 g/mol. The van der Waals surface area contributed by atoms with Gasteiger partial charge in [-0.3, -0.25) is 0 Å². The molecular weight excluding hydrogens is 264 g/mol. The summed E-state index contributed by atoms with van der Waals surface area (Å²) in [6.07, 6.45) is 3.55. The molecule has 0 spiro atoms. The largest absolute Gasteiger partial charge is 0.314 e. The van der Waals surface area contributed by atoms with E-state index >= 15 is 0 Å². The Balaban J connectivity index is 2.49. The Labute approximate surface area is 129 Å². The molecule has 0 aliphatic rings. The van der Waals surface area contributed by atoms with Gasteiger partial charge in [0.2, 0.25) is 0 Å². The number of rotatable bonds is 6. The van der Waals surface area contributed by atoms with Gasteiger partial charge in [0.15, 0.2) is 0 Å². The lowest BCUT2D eigenvalue weighted by atomic mass is 9.84. The minimum absolute atomic E-state index is 0.173. The third-order valence-corrected chi connectivity index (χ3v) is 4.61. The van der Waals surface area contributed by atoms with Crippen LogP contribution in [0, 0.1) is 5.41 Å². The molecule has 0 fully saturated rings. The monoisotopic (exact) mass is 296 g/mol. The van der Waals surface area contributed by atoms with E-state index in [9.17, 15) is 0 Å². The summed E-state index contributed by atoms with van der Waals surface area (Å²) in [4.78, 5) is 4.78. The predicted octanol–water partition coefficient (Wildman–Crippen LogP) is 4.79. The molecule has 1 aromatic heterocycles. The molecule has 116 valence electrons. The molecule has 0 amide bonds. The van der Waals surface area contributed by atoms with Crippen LogP contribution in [0.3, 0.4) is 0 Å². The Morgan fingerprint density at radius 3 is 2.30 bits per heavy atom. The zero-order valence-electron chi connectivity index (χ0n) is 14.3. The zero-order valence-corrected chi connectivity index (χ0v) is 15.2. The number of hydrogen-bond donors (Lipinski definition) is 1. The summed E-state index contributed by atoms with van der Waals surface area (Å²) < 4.78 is 0. The predicted molar refractivity (Wildman–Crippen MR) is 90.7 cm³/mol. The SMILES string of the molecule is CCNC(CCCc1nc(C(C)(C)C)cs1)C(C)(C)C. The molecule has 0 aromatic carbocycles. The fourth-order valence-electron chi connectivity index (χ4n) is 2.32. The molecule has 0 saturated heterocycles. The molecule has 20 heavy (non-hydrogen) atoms. The molecule has 0 saturated carbocycles. The smallest absolute Gasteiger partial charge is 0.0928 e. The molecule has 3 heteroatoms.